The molecule has 0 amide bonds. The monoisotopic (exact) mass is 176 g/mol. The van der Waals surface area contributed by atoms with Gasteiger partial charge in [0.05, 0.1) is 5.52 Å². The van der Waals surface area contributed by atoms with Crippen LogP contribution in [-0.2, 0) is 0 Å². The number of ether oxygens (including phenoxy) is 2. The van der Waals surface area contributed by atoms with Crippen molar-refractivity contribution in [2.75, 3.05) is 12.5 Å². The Bertz CT molecular complexity index is 476. The number of fused-ring (bicyclic) bond motifs is 3. The van der Waals surface area contributed by atoms with Crippen molar-refractivity contribution < 1.29 is 9.47 Å². The van der Waals surface area contributed by atoms with Gasteiger partial charge in [-0.05, 0) is 6.07 Å². The number of H-pyrrole nitrogens is 1. The summed E-state index contributed by atoms with van der Waals surface area (Å²) in [4.78, 5) is 3.08. The Balaban J connectivity index is 2.48. The topological polar surface area (TPSA) is 60.3 Å². The van der Waals surface area contributed by atoms with Gasteiger partial charge in [-0.3, -0.25) is 0 Å². The van der Waals surface area contributed by atoms with Gasteiger partial charge in [-0.1, -0.05) is 0 Å². The number of rotatable bonds is 0. The van der Waals surface area contributed by atoms with E-state index in [4.69, 9.17) is 15.2 Å². The van der Waals surface area contributed by atoms with E-state index in [1.54, 1.807) is 6.07 Å². The van der Waals surface area contributed by atoms with E-state index in [1.807, 2.05) is 12.3 Å². The number of benzene rings is 1. The van der Waals surface area contributed by atoms with Crippen LogP contribution in [-0.4, -0.2) is 11.8 Å². The molecule has 1 aromatic heterocycles. The summed E-state index contributed by atoms with van der Waals surface area (Å²) in [5.41, 5.74) is 7.44. The van der Waals surface area contributed by atoms with Crippen molar-refractivity contribution >= 4 is 16.6 Å². The second-order valence-electron chi connectivity index (χ2n) is 2.97. The maximum atomic E-state index is 5.82. The van der Waals surface area contributed by atoms with Crippen LogP contribution in [0.2, 0.25) is 0 Å². The molecule has 0 aliphatic carbocycles. The summed E-state index contributed by atoms with van der Waals surface area (Å²) in [5, 5.41) is 0.976. The zero-order valence-corrected chi connectivity index (χ0v) is 6.83. The van der Waals surface area contributed by atoms with Gasteiger partial charge in [0.2, 0.25) is 6.79 Å². The summed E-state index contributed by atoms with van der Waals surface area (Å²) in [6, 6.07) is 3.71. The highest BCUT2D eigenvalue weighted by Gasteiger charge is 2.19. The molecule has 1 aliphatic heterocycles. The first-order chi connectivity index (χ1) is 6.36. The van der Waals surface area contributed by atoms with Crippen LogP contribution in [0, 0.1) is 0 Å². The number of nitrogen functional groups attached to an aromatic ring is 1. The number of anilines is 1. The number of nitrogens with two attached hydrogens (primary N) is 1. The fourth-order valence-electron chi connectivity index (χ4n) is 1.61. The first kappa shape index (κ1) is 6.65. The molecule has 0 saturated heterocycles. The van der Waals surface area contributed by atoms with Crippen LogP contribution >= 0.6 is 0 Å². The third-order valence-electron chi connectivity index (χ3n) is 2.21. The first-order valence-electron chi connectivity index (χ1n) is 4.01. The third kappa shape index (κ3) is 0.744. The second kappa shape index (κ2) is 2.10. The highest BCUT2D eigenvalue weighted by atomic mass is 16.7. The molecule has 1 aromatic carbocycles. The molecule has 2 heterocycles. The standard InChI is InChI=1S/C9H8N2O2/c10-6-3-7-9(13-4-12-7)8-5(6)1-2-11-8/h1-3,11H,4,10H2. The molecule has 0 unspecified atom stereocenters. The lowest BCUT2D eigenvalue weighted by Crippen LogP contribution is -1.93. The average molecular weight is 176 g/mol. The largest absolute Gasteiger partial charge is 0.453 e. The molecule has 0 spiro atoms. The van der Waals surface area contributed by atoms with E-state index in [0.717, 1.165) is 16.7 Å². The minimum Gasteiger partial charge on any atom is -0.453 e. The highest BCUT2D eigenvalue weighted by Crippen LogP contribution is 2.41. The fourth-order valence-corrected chi connectivity index (χ4v) is 1.61. The van der Waals surface area contributed by atoms with Crippen molar-refractivity contribution in [3.05, 3.63) is 18.3 Å². The summed E-state index contributed by atoms with van der Waals surface area (Å²) in [6.45, 7) is 0.271. The molecule has 0 radical (unpaired) electrons. The maximum Gasteiger partial charge on any atom is 0.231 e. The summed E-state index contributed by atoms with van der Waals surface area (Å²) in [5.74, 6) is 1.47. The number of hydrogen-bond acceptors (Lipinski definition) is 3. The predicted molar refractivity (Wildman–Crippen MR) is 48.8 cm³/mol. The number of nitrogens with one attached hydrogen (secondary N) is 1. The van der Waals surface area contributed by atoms with Crippen molar-refractivity contribution in [3.63, 3.8) is 0 Å². The zero-order chi connectivity index (χ0) is 8.84. The van der Waals surface area contributed by atoms with Crippen molar-refractivity contribution in [3.8, 4) is 11.5 Å². The van der Waals surface area contributed by atoms with Crippen LogP contribution in [0.4, 0.5) is 5.69 Å². The Hall–Kier alpha value is -1.84. The van der Waals surface area contributed by atoms with Crippen molar-refractivity contribution in [1.29, 1.82) is 0 Å². The van der Waals surface area contributed by atoms with E-state index >= 15 is 0 Å². The van der Waals surface area contributed by atoms with Crippen LogP contribution < -0.4 is 15.2 Å². The van der Waals surface area contributed by atoms with E-state index in [0.29, 0.717) is 11.4 Å². The van der Waals surface area contributed by atoms with E-state index in [2.05, 4.69) is 4.98 Å². The summed E-state index contributed by atoms with van der Waals surface area (Å²) >= 11 is 0. The molecular weight excluding hydrogens is 168 g/mol. The molecule has 2 aromatic rings. The molecule has 4 heteroatoms. The lowest BCUT2D eigenvalue weighted by Gasteiger charge is -2.00. The molecule has 13 heavy (non-hydrogen) atoms. The Morgan fingerprint density at radius 1 is 1.38 bits per heavy atom. The van der Waals surface area contributed by atoms with Crippen LogP contribution in [0.1, 0.15) is 0 Å². The molecule has 3 N–H and O–H groups in total. The van der Waals surface area contributed by atoms with Gasteiger partial charge in [0.15, 0.2) is 11.5 Å². The number of aromatic amines is 1. The third-order valence-corrected chi connectivity index (χ3v) is 2.21. The minimum atomic E-state index is 0.271. The van der Waals surface area contributed by atoms with Gasteiger partial charge in [0.1, 0.15) is 0 Å². The summed E-state index contributed by atoms with van der Waals surface area (Å²) in [7, 11) is 0. The normalized spacial score (nSPS) is 13.8. The summed E-state index contributed by atoms with van der Waals surface area (Å²) in [6.07, 6.45) is 1.84. The molecule has 0 atom stereocenters. The van der Waals surface area contributed by atoms with E-state index < -0.39 is 0 Å². The average Bonchev–Trinajstić information content (AvgIpc) is 2.66. The Morgan fingerprint density at radius 2 is 2.31 bits per heavy atom. The van der Waals surface area contributed by atoms with Gasteiger partial charge in [0, 0.05) is 23.3 Å². The van der Waals surface area contributed by atoms with Crippen molar-refractivity contribution in [2.45, 2.75) is 0 Å². The lowest BCUT2D eigenvalue weighted by molar-refractivity contribution is 0.174. The van der Waals surface area contributed by atoms with Gasteiger partial charge in [0.25, 0.3) is 0 Å². The second-order valence-corrected chi connectivity index (χ2v) is 2.97. The maximum absolute atomic E-state index is 5.82. The van der Waals surface area contributed by atoms with Crippen molar-refractivity contribution in [2.24, 2.45) is 0 Å². The van der Waals surface area contributed by atoms with Crippen LogP contribution in [0.25, 0.3) is 10.9 Å². The smallest absolute Gasteiger partial charge is 0.231 e. The molecule has 0 saturated carbocycles. The predicted octanol–water partition coefficient (Wildman–Crippen LogP) is 1.48. The van der Waals surface area contributed by atoms with Gasteiger partial charge in [-0.2, -0.15) is 0 Å². The SMILES string of the molecule is Nc1cc2c(c3[nH]ccc13)OCO2. The van der Waals surface area contributed by atoms with E-state index in [9.17, 15) is 0 Å². The molecule has 0 bridgehead atoms. The molecule has 4 nitrogen and oxygen atoms in total. The van der Waals surface area contributed by atoms with Crippen molar-refractivity contribution in [1.82, 2.24) is 4.98 Å². The molecule has 1 aliphatic rings. The van der Waals surface area contributed by atoms with Gasteiger partial charge in [-0.15, -0.1) is 0 Å². The summed E-state index contributed by atoms with van der Waals surface area (Å²) < 4.78 is 10.6. The Morgan fingerprint density at radius 3 is 3.23 bits per heavy atom. The zero-order valence-electron chi connectivity index (χ0n) is 6.83. The van der Waals surface area contributed by atoms with Gasteiger partial charge >= 0.3 is 0 Å². The molecule has 0 fully saturated rings. The first-order valence-corrected chi connectivity index (χ1v) is 4.01. The van der Waals surface area contributed by atoms with Gasteiger partial charge < -0.3 is 20.2 Å². The Kier molecular flexibility index (Phi) is 1.07. The Labute approximate surface area is 74.2 Å². The lowest BCUT2D eigenvalue weighted by atomic mass is 10.2. The van der Waals surface area contributed by atoms with E-state index in [1.165, 1.54) is 0 Å². The number of aromatic nitrogens is 1. The molecule has 66 valence electrons. The highest BCUT2D eigenvalue weighted by molar-refractivity contribution is 5.97. The number of hydrogen-bond donors (Lipinski definition) is 2. The quantitative estimate of drug-likeness (QED) is 0.597. The fraction of sp³-hybridized carbons (Fsp3) is 0.111. The van der Waals surface area contributed by atoms with Crippen LogP contribution in [0.3, 0.4) is 0 Å². The van der Waals surface area contributed by atoms with E-state index in [-0.39, 0.29) is 6.79 Å². The molecule has 3 rings (SSSR count). The van der Waals surface area contributed by atoms with Crippen LogP contribution in [0.5, 0.6) is 11.5 Å². The van der Waals surface area contributed by atoms with Gasteiger partial charge in [-0.25, -0.2) is 0 Å². The molecular formula is C9H8N2O2. The minimum absolute atomic E-state index is 0.271. The van der Waals surface area contributed by atoms with Crippen LogP contribution in [0.15, 0.2) is 18.3 Å².